The van der Waals surface area contributed by atoms with Crippen molar-refractivity contribution < 1.29 is 37.2 Å². The fourth-order valence-corrected chi connectivity index (χ4v) is 7.76. The molecule has 6 aromatic rings. The van der Waals surface area contributed by atoms with Crippen molar-refractivity contribution in [1.29, 1.82) is 0 Å². The van der Waals surface area contributed by atoms with Gasteiger partial charge in [-0.25, -0.2) is 18.2 Å². The highest BCUT2D eigenvalue weighted by molar-refractivity contribution is 7.91. The van der Waals surface area contributed by atoms with Crippen LogP contribution in [0, 0.1) is 0 Å². The van der Waals surface area contributed by atoms with Crippen molar-refractivity contribution in [2.75, 3.05) is 20.4 Å². The first kappa shape index (κ1) is 34.6. The van der Waals surface area contributed by atoms with E-state index in [9.17, 15) is 37.2 Å². The highest BCUT2D eigenvalue weighted by Crippen LogP contribution is 2.32. The molecule has 6 aromatic carbocycles. The summed E-state index contributed by atoms with van der Waals surface area (Å²) in [6.07, 6.45) is 0. The van der Waals surface area contributed by atoms with Crippen LogP contribution < -0.4 is 20.4 Å². The highest BCUT2D eigenvalue weighted by Gasteiger charge is 2.38. The Hall–Kier alpha value is -7.51. The van der Waals surface area contributed by atoms with Gasteiger partial charge in [-0.15, -0.1) is 0 Å². The van der Waals surface area contributed by atoms with E-state index in [1.54, 1.807) is 60.7 Å². The minimum Gasteiger partial charge on any atom is -0.322 e. The number of amides is 6. The van der Waals surface area contributed by atoms with Crippen LogP contribution in [0.1, 0.15) is 62.1 Å². The van der Waals surface area contributed by atoms with Gasteiger partial charge in [0.1, 0.15) is 0 Å². The van der Waals surface area contributed by atoms with E-state index < -0.39 is 45.3 Å². The van der Waals surface area contributed by atoms with Crippen molar-refractivity contribution in [2.24, 2.45) is 0 Å². The van der Waals surface area contributed by atoms with Gasteiger partial charge in [-0.05, 0) is 97.1 Å². The van der Waals surface area contributed by atoms with Gasteiger partial charge in [-0.1, -0.05) is 48.5 Å². The molecular weight excluding hydrogens is 721 g/mol. The van der Waals surface area contributed by atoms with E-state index in [4.69, 9.17) is 0 Å². The Morgan fingerprint density at radius 3 is 1.20 bits per heavy atom. The topological polar surface area (TPSA) is 167 Å². The molecule has 0 radical (unpaired) electrons. The number of carbonyl (C=O) groups excluding carboxylic acids is 6. The quantitative estimate of drug-likeness (QED) is 0.164. The Balaban J connectivity index is 0.974. The molecular formula is C42H26N4O8S. The third-order valence-corrected chi connectivity index (χ3v) is 10.9. The number of hydrogen-bond donors (Lipinski definition) is 2. The van der Waals surface area contributed by atoms with Crippen LogP contribution in [0.15, 0.2) is 155 Å². The van der Waals surface area contributed by atoms with Crippen LogP contribution in [-0.2, 0) is 9.84 Å². The standard InChI is InChI=1S/C42H26N4O8S/c47-37(25-17-19-33-35(21-25)41(51)45(39(33)49)29-11-3-1-4-12-29)43-27-9-7-15-31(23-27)55(53,54)32-16-8-10-28(24-32)44-38(48)26-18-20-34-36(22-26)42(52)46(40(34)50)30-13-5-2-6-14-30/h1-24H,(H,43,47)(H,44,48). The number of nitrogens with one attached hydrogen (secondary N) is 2. The number of fused-ring (bicyclic) bond motifs is 2. The van der Waals surface area contributed by atoms with Gasteiger partial charge in [-0.2, -0.15) is 0 Å². The Morgan fingerprint density at radius 1 is 0.418 bits per heavy atom. The SMILES string of the molecule is O=C(Nc1cccc(S(=O)(=O)c2cccc(NC(=O)c3ccc4c(c3)C(=O)N(c3ccccc3)C4=O)c2)c1)c1ccc2c(c1)C(=O)N(c1ccccc1)C2=O. The summed E-state index contributed by atoms with van der Waals surface area (Å²) in [6.45, 7) is 0. The summed E-state index contributed by atoms with van der Waals surface area (Å²) in [4.78, 5) is 80.6. The summed E-state index contributed by atoms with van der Waals surface area (Å²) < 4.78 is 27.5. The molecule has 2 aliphatic rings. The molecule has 0 fully saturated rings. The van der Waals surface area contributed by atoms with Crippen molar-refractivity contribution in [3.05, 3.63) is 179 Å². The minimum absolute atomic E-state index is 0.0688. The lowest BCUT2D eigenvalue weighted by Crippen LogP contribution is -2.29. The molecule has 2 N–H and O–H groups in total. The molecule has 0 aromatic heterocycles. The highest BCUT2D eigenvalue weighted by atomic mass is 32.2. The number of sulfone groups is 1. The summed E-state index contributed by atoms with van der Waals surface area (Å²) in [7, 11) is -4.17. The normalized spacial score (nSPS) is 13.5. The number of carbonyl (C=O) groups is 6. The van der Waals surface area contributed by atoms with Crippen LogP contribution in [0.5, 0.6) is 0 Å². The number of anilines is 4. The maximum atomic E-state index is 13.8. The summed E-state index contributed by atoms with van der Waals surface area (Å²) in [5.41, 5.74) is 1.73. The number of imide groups is 2. The van der Waals surface area contributed by atoms with E-state index in [0.29, 0.717) is 11.4 Å². The molecule has 0 saturated carbocycles. The van der Waals surface area contributed by atoms with Gasteiger partial charge < -0.3 is 10.6 Å². The summed E-state index contributed by atoms with van der Waals surface area (Å²) >= 11 is 0. The zero-order chi connectivity index (χ0) is 38.4. The first-order valence-corrected chi connectivity index (χ1v) is 18.2. The lowest BCUT2D eigenvalue weighted by molar-refractivity contribution is 0.0910. The molecule has 8 rings (SSSR count). The number of benzene rings is 6. The fourth-order valence-electron chi connectivity index (χ4n) is 6.41. The molecule has 0 spiro atoms. The summed E-state index contributed by atoms with van der Waals surface area (Å²) in [5.74, 6) is -3.42. The molecule has 0 aliphatic carbocycles. The van der Waals surface area contributed by atoms with Gasteiger partial charge in [0.2, 0.25) is 9.84 Å². The predicted octanol–water partition coefficient (Wildman–Crippen LogP) is 6.63. The Kier molecular flexibility index (Phi) is 8.47. The molecule has 0 atom stereocenters. The zero-order valence-electron chi connectivity index (χ0n) is 28.4. The Bertz CT molecular complexity index is 2570. The van der Waals surface area contributed by atoms with Crippen LogP contribution in [0.3, 0.4) is 0 Å². The molecule has 2 aliphatic heterocycles. The summed E-state index contributed by atoms with van der Waals surface area (Å²) in [5, 5.41) is 5.31. The van der Waals surface area contributed by atoms with E-state index in [-0.39, 0.29) is 54.5 Å². The van der Waals surface area contributed by atoms with Gasteiger partial charge in [0.25, 0.3) is 35.4 Å². The molecule has 268 valence electrons. The first-order valence-electron chi connectivity index (χ1n) is 16.7. The average Bonchev–Trinajstić information content (AvgIpc) is 3.61. The van der Waals surface area contributed by atoms with Gasteiger partial charge in [0, 0.05) is 22.5 Å². The average molecular weight is 747 g/mol. The maximum absolute atomic E-state index is 13.8. The van der Waals surface area contributed by atoms with Gasteiger partial charge in [0.05, 0.1) is 43.4 Å². The minimum atomic E-state index is -4.17. The number of rotatable bonds is 8. The molecule has 0 saturated heterocycles. The molecule has 12 nitrogen and oxygen atoms in total. The van der Waals surface area contributed by atoms with Crippen LogP contribution in [0.2, 0.25) is 0 Å². The zero-order valence-corrected chi connectivity index (χ0v) is 29.2. The molecule has 13 heteroatoms. The van der Waals surface area contributed by atoms with Crippen LogP contribution >= 0.6 is 0 Å². The van der Waals surface area contributed by atoms with E-state index in [1.165, 1.54) is 84.9 Å². The second kappa shape index (κ2) is 13.5. The molecule has 55 heavy (non-hydrogen) atoms. The van der Waals surface area contributed by atoms with Crippen LogP contribution in [0.25, 0.3) is 0 Å². The number of nitrogens with zero attached hydrogens (tertiary/aromatic N) is 2. The van der Waals surface area contributed by atoms with E-state index in [0.717, 1.165) is 9.80 Å². The molecule has 0 bridgehead atoms. The van der Waals surface area contributed by atoms with Gasteiger partial charge in [-0.3, -0.25) is 28.8 Å². The van der Waals surface area contributed by atoms with Crippen LogP contribution in [0.4, 0.5) is 22.7 Å². The third kappa shape index (κ3) is 6.13. The van der Waals surface area contributed by atoms with Crippen molar-refractivity contribution >= 4 is 68.0 Å². The smallest absolute Gasteiger partial charge is 0.266 e. The van der Waals surface area contributed by atoms with Crippen molar-refractivity contribution in [3.8, 4) is 0 Å². The fraction of sp³-hybridized carbons (Fsp3) is 0. The molecule has 0 unspecified atom stereocenters. The second-order valence-corrected chi connectivity index (χ2v) is 14.5. The summed E-state index contributed by atoms with van der Waals surface area (Å²) in [6, 6.07) is 36.3. The molecule has 6 amide bonds. The predicted molar refractivity (Wildman–Crippen MR) is 202 cm³/mol. The Morgan fingerprint density at radius 2 is 0.800 bits per heavy atom. The monoisotopic (exact) mass is 746 g/mol. The Labute approximate surface area is 313 Å². The number of para-hydroxylation sites is 2. The first-order chi connectivity index (χ1) is 26.5. The number of hydrogen-bond acceptors (Lipinski definition) is 8. The molecule has 2 heterocycles. The van der Waals surface area contributed by atoms with E-state index >= 15 is 0 Å². The third-order valence-electron chi connectivity index (χ3n) is 9.13. The lowest BCUT2D eigenvalue weighted by Gasteiger charge is -2.13. The van der Waals surface area contributed by atoms with E-state index in [1.807, 2.05) is 0 Å². The van der Waals surface area contributed by atoms with Gasteiger partial charge >= 0.3 is 0 Å². The van der Waals surface area contributed by atoms with E-state index in [2.05, 4.69) is 10.6 Å². The second-order valence-electron chi connectivity index (χ2n) is 12.6. The lowest BCUT2D eigenvalue weighted by atomic mass is 10.1. The van der Waals surface area contributed by atoms with Gasteiger partial charge in [0.15, 0.2) is 0 Å². The van der Waals surface area contributed by atoms with Crippen LogP contribution in [-0.4, -0.2) is 43.9 Å². The van der Waals surface area contributed by atoms with Crippen molar-refractivity contribution in [1.82, 2.24) is 0 Å². The van der Waals surface area contributed by atoms with Crippen molar-refractivity contribution in [2.45, 2.75) is 9.79 Å². The van der Waals surface area contributed by atoms with Crippen molar-refractivity contribution in [3.63, 3.8) is 0 Å². The largest absolute Gasteiger partial charge is 0.322 e. The maximum Gasteiger partial charge on any atom is 0.266 e.